The van der Waals surface area contributed by atoms with E-state index in [1.807, 2.05) is 48.5 Å². The van der Waals surface area contributed by atoms with Gasteiger partial charge < -0.3 is 111 Å². The van der Waals surface area contributed by atoms with Crippen LogP contribution in [0.15, 0.2) is 115 Å². The number of aromatic nitrogens is 4. The van der Waals surface area contributed by atoms with E-state index >= 15 is 0 Å². The number of H-pyrrole nitrogens is 2. The second-order valence-corrected chi connectivity index (χ2v) is 32.1. The molecule has 41 nitrogen and oxygen atoms in total. The first-order chi connectivity index (χ1) is 62.1. The molecule has 9 rings (SSSR count). The first-order valence-corrected chi connectivity index (χ1v) is 42.3. The van der Waals surface area contributed by atoms with Crippen molar-refractivity contribution < 1.29 is 115 Å². The van der Waals surface area contributed by atoms with E-state index in [4.69, 9.17) is 28.4 Å². The van der Waals surface area contributed by atoms with Crippen molar-refractivity contribution in [3.05, 3.63) is 155 Å². The molecule has 2 aromatic heterocycles. The number of carboxylic acid groups (broad SMARTS) is 1. The SMILES string of the molecule is COC(=O)C[C@@H]1Nc2ccc(C(=O)N(C)Cc3nc4ccccc4[nH]3)cc2CN(CCCNC(=O)CC[C@H](NC(=O)CC[C@H](NC(=O)[C@H](CCC(=O)OC(C)(C)C)NC(=O)[C@H](CCC(=O)O)NC(=O)OCc2ccccc2)C(=O)N[C@@H](CCC(=O)NCCCN2Cc3cc(C(=O)N(C)Cc4nc5ccccc5[nH]4)ccc3N[C@@H](CC(=O)OC)C2=O)C(=O)OC)C(=O)OC)C1=O. The zero-order chi connectivity index (χ0) is 94.3. The number of aromatic amines is 2. The number of ether oxygens (including phenoxy) is 6. The number of nitrogens with one attached hydrogen (secondary N) is 11. The number of methoxy groups -OCH3 is 4. The third-order valence-electron chi connectivity index (χ3n) is 21.1. The molecule has 2 aliphatic rings. The molecule has 0 bridgehead atoms. The van der Waals surface area contributed by atoms with Crippen molar-refractivity contribution in [1.29, 1.82) is 0 Å². The minimum Gasteiger partial charge on any atom is -0.481 e. The molecule has 696 valence electrons. The lowest BCUT2D eigenvalue weighted by Gasteiger charge is -2.27. The van der Waals surface area contributed by atoms with Crippen molar-refractivity contribution in [3.63, 3.8) is 0 Å². The van der Waals surface area contributed by atoms with Gasteiger partial charge in [-0.3, -0.25) is 67.1 Å². The maximum atomic E-state index is 14.9. The number of anilines is 2. The average molecular weight is 1800 g/mol. The molecule has 7 atom stereocenters. The summed E-state index contributed by atoms with van der Waals surface area (Å²) in [7, 11) is 7.61. The van der Waals surface area contributed by atoms with E-state index in [2.05, 4.69) is 67.8 Å². The summed E-state index contributed by atoms with van der Waals surface area (Å²) in [5.74, 6) is -12.1. The zero-order valence-electron chi connectivity index (χ0n) is 73.8. The molecule has 12 N–H and O–H groups in total. The maximum Gasteiger partial charge on any atom is 0.408 e. The Morgan fingerprint density at radius 2 is 0.892 bits per heavy atom. The fraction of sp³-hybridized carbons (Fsp3) is 0.449. The number of amides is 11. The van der Waals surface area contributed by atoms with Gasteiger partial charge in [-0.2, -0.15) is 0 Å². The number of fused-ring (bicyclic) bond motifs is 4. The molecule has 0 saturated heterocycles. The van der Waals surface area contributed by atoms with E-state index in [-0.39, 0.29) is 103 Å². The Bertz CT molecular complexity index is 5200. The van der Waals surface area contributed by atoms with Crippen LogP contribution in [0.1, 0.15) is 160 Å². The number of hydrogen-bond acceptors (Lipinski definition) is 27. The Labute approximate surface area is 748 Å². The van der Waals surface area contributed by atoms with Gasteiger partial charge in [0.1, 0.15) is 66.1 Å². The van der Waals surface area contributed by atoms with Gasteiger partial charge in [0.05, 0.1) is 76.4 Å². The van der Waals surface area contributed by atoms with E-state index in [0.29, 0.717) is 50.8 Å². The third-order valence-corrected chi connectivity index (χ3v) is 21.1. The molecule has 0 saturated carbocycles. The number of imidazole rings is 2. The fourth-order valence-electron chi connectivity index (χ4n) is 14.4. The molecular weight excluding hydrogens is 1690 g/mol. The standard InChI is InChI=1S/C89H111N17O24/c1-89(2,3)130-76(112)38-33-64(100-81(117)65(32-37-75(110)111)102-88(124)129-51-52-19-11-10-12-20-52)79(115)99-63(80(116)101-67(87(123)128-9)31-35-73(108)91-40-18-42-106-48-56-44-54(26-28-58(56)93-69(85(106)121)46-78(114)126-7)83(119)104(5)50-71-96-61-23-15-16-24-62(61)97-71)29-36-74(109)98-66(86(122)127-8)30-34-72(107)90-39-17-41-105-47-55-43-53(25-27-57(55)92-68(84(105)120)45-77(113)125-6)82(118)103(4)49-70-94-59-21-13-14-22-60(59)95-70/h10-16,19-28,43-44,63-69,92-93H,17-18,29-42,45-51H2,1-9H3,(H,90,107)(H,91,108)(H,94,95)(H,96,97)(H,98,109)(H,99,115)(H,100,117)(H,101,116)(H,102,124)(H,110,111)/t63-,64-,65-,66-,67-,68-,69-/m0/s1. The van der Waals surface area contributed by atoms with Crippen molar-refractivity contribution in [2.24, 2.45) is 0 Å². The molecule has 4 heterocycles. The summed E-state index contributed by atoms with van der Waals surface area (Å²) in [4.78, 5) is 254. The lowest BCUT2D eigenvalue weighted by molar-refractivity contribution is -0.155. The molecule has 7 aromatic rings. The van der Waals surface area contributed by atoms with Crippen LogP contribution in [0, 0.1) is 0 Å². The average Bonchev–Trinajstić information content (AvgIpc) is 1.65. The van der Waals surface area contributed by atoms with Gasteiger partial charge in [-0.1, -0.05) is 54.6 Å². The summed E-state index contributed by atoms with van der Waals surface area (Å²) in [5, 5.41) is 33.5. The summed E-state index contributed by atoms with van der Waals surface area (Å²) >= 11 is 0. The van der Waals surface area contributed by atoms with Crippen molar-refractivity contribution in [2.45, 2.75) is 191 Å². The predicted molar refractivity (Wildman–Crippen MR) is 466 cm³/mol. The molecular formula is C89H111N17O24. The summed E-state index contributed by atoms with van der Waals surface area (Å²) in [6.07, 6.45) is -7.13. The number of carboxylic acids is 1. The first-order valence-electron chi connectivity index (χ1n) is 42.3. The molecule has 0 aliphatic carbocycles. The van der Waals surface area contributed by atoms with Crippen LogP contribution in [0.5, 0.6) is 0 Å². The molecule has 2 aliphatic heterocycles. The van der Waals surface area contributed by atoms with Gasteiger partial charge in [0.15, 0.2) is 0 Å². The van der Waals surface area contributed by atoms with Crippen LogP contribution < -0.4 is 47.9 Å². The smallest absolute Gasteiger partial charge is 0.408 e. The molecule has 41 heteroatoms. The van der Waals surface area contributed by atoms with Crippen molar-refractivity contribution in [3.8, 4) is 0 Å². The van der Waals surface area contributed by atoms with Gasteiger partial charge in [0.2, 0.25) is 47.3 Å². The van der Waals surface area contributed by atoms with Gasteiger partial charge >= 0.3 is 41.9 Å². The topological polar surface area (TPSA) is 544 Å². The highest BCUT2D eigenvalue weighted by Crippen LogP contribution is 2.30. The number of rotatable bonds is 45. The van der Waals surface area contributed by atoms with Crippen LogP contribution in [0.2, 0.25) is 0 Å². The summed E-state index contributed by atoms with van der Waals surface area (Å²) in [5.41, 5.74) is 5.23. The molecule has 0 fully saturated rings. The van der Waals surface area contributed by atoms with Gasteiger partial charge in [-0.15, -0.1) is 0 Å². The first kappa shape index (κ1) is 99.2. The second-order valence-electron chi connectivity index (χ2n) is 32.1. The number of nitrogens with zero attached hydrogens (tertiary/aromatic N) is 6. The van der Waals surface area contributed by atoms with Crippen LogP contribution in [-0.4, -0.2) is 262 Å². The lowest BCUT2D eigenvalue weighted by atomic mass is 10.0. The summed E-state index contributed by atoms with van der Waals surface area (Å²) < 4.78 is 30.6. The molecule has 11 amide bonds. The van der Waals surface area contributed by atoms with Gasteiger partial charge in [-0.05, 0) is 143 Å². The minimum absolute atomic E-state index is 0.00716. The maximum absolute atomic E-state index is 14.9. The van der Waals surface area contributed by atoms with E-state index < -0.39 is 195 Å². The molecule has 0 radical (unpaired) electrons. The van der Waals surface area contributed by atoms with Gasteiger partial charge in [0.25, 0.3) is 11.8 Å². The second kappa shape index (κ2) is 47.8. The van der Waals surface area contributed by atoms with Gasteiger partial charge in [0, 0.05) is 108 Å². The highest BCUT2D eigenvalue weighted by atomic mass is 16.6. The molecule has 0 spiro atoms. The molecule has 0 unspecified atom stereocenters. The largest absolute Gasteiger partial charge is 0.481 e. The normalized spacial score (nSPS) is 14.6. The number of aliphatic carboxylic acids is 1. The van der Waals surface area contributed by atoms with Crippen molar-refractivity contribution in [2.75, 3.05) is 79.3 Å². The fourth-order valence-corrected chi connectivity index (χ4v) is 14.4. The van der Waals surface area contributed by atoms with Crippen LogP contribution in [0.4, 0.5) is 16.2 Å². The Hall–Kier alpha value is -14.6. The highest BCUT2D eigenvalue weighted by molar-refractivity contribution is 5.99. The number of carbonyl (C=O) groups is 17. The molecule has 5 aromatic carbocycles. The van der Waals surface area contributed by atoms with Crippen molar-refractivity contribution in [1.82, 2.24) is 76.8 Å². The minimum atomic E-state index is -1.90. The Balaban J connectivity index is 0.863. The number of para-hydroxylation sites is 4. The highest BCUT2D eigenvalue weighted by Gasteiger charge is 2.38. The van der Waals surface area contributed by atoms with Crippen LogP contribution in [-0.2, 0) is 128 Å². The predicted octanol–water partition coefficient (Wildman–Crippen LogP) is 3.98. The summed E-state index contributed by atoms with van der Waals surface area (Å²) in [6.45, 7) is 4.65. The Morgan fingerprint density at radius 1 is 0.485 bits per heavy atom. The van der Waals surface area contributed by atoms with Crippen LogP contribution in [0.3, 0.4) is 0 Å². The van der Waals surface area contributed by atoms with Crippen LogP contribution >= 0.6 is 0 Å². The zero-order valence-corrected chi connectivity index (χ0v) is 73.8. The Morgan fingerprint density at radius 3 is 1.33 bits per heavy atom. The Kier molecular flexibility index (Phi) is 36.5. The molecule has 130 heavy (non-hydrogen) atoms. The third kappa shape index (κ3) is 30.1. The monoisotopic (exact) mass is 1800 g/mol. The number of esters is 5. The number of carbonyl (C=O) groups excluding carboxylic acids is 16. The van der Waals surface area contributed by atoms with E-state index in [1.54, 1.807) is 102 Å². The quantitative estimate of drug-likeness (QED) is 0.0146. The summed E-state index contributed by atoms with van der Waals surface area (Å²) in [6, 6.07) is 22.2. The number of benzene rings is 5. The number of hydrogen-bond donors (Lipinski definition) is 12. The van der Waals surface area contributed by atoms with Crippen molar-refractivity contribution >= 4 is 134 Å². The van der Waals surface area contributed by atoms with E-state index in [1.165, 1.54) is 33.8 Å². The van der Waals surface area contributed by atoms with Gasteiger partial charge in [-0.25, -0.2) is 24.4 Å². The lowest BCUT2D eigenvalue weighted by Crippen LogP contribution is -2.58. The number of alkyl carbamates (subject to hydrolysis) is 1. The van der Waals surface area contributed by atoms with Crippen LogP contribution in [0.25, 0.3) is 22.1 Å². The van der Waals surface area contributed by atoms with E-state index in [9.17, 15) is 86.6 Å². The van der Waals surface area contributed by atoms with E-state index in [0.717, 1.165) is 36.3 Å².